The van der Waals surface area contributed by atoms with Gasteiger partial charge in [-0.15, -0.1) is 0 Å². The quantitative estimate of drug-likeness (QED) is 0.616. The number of rotatable bonds is 4. The Morgan fingerprint density at radius 2 is 2.08 bits per heavy atom. The number of nitrogens with one attached hydrogen (secondary N) is 1. The van der Waals surface area contributed by atoms with Gasteiger partial charge in [-0.25, -0.2) is 4.98 Å². The Kier molecular flexibility index (Phi) is 3.70. The summed E-state index contributed by atoms with van der Waals surface area (Å²) in [4.78, 5) is 17.1. The number of benzene rings is 1. The lowest BCUT2D eigenvalue weighted by molar-refractivity contribution is 0.0996. The van der Waals surface area contributed by atoms with Crippen LogP contribution < -0.4 is 10.1 Å². The maximum atomic E-state index is 12.5. The summed E-state index contributed by atoms with van der Waals surface area (Å²) in [5, 5.41) is 2.90. The number of anilines is 1. The molecule has 0 aliphatic heterocycles. The van der Waals surface area contributed by atoms with Crippen molar-refractivity contribution in [1.82, 2.24) is 9.38 Å². The Morgan fingerprint density at radius 3 is 2.88 bits per heavy atom. The zero-order valence-electron chi connectivity index (χ0n) is 13.5. The zero-order chi connectivity index (χ0) is 17.2. The van der Waals surface area contributed by atoms with Crippen molar-refractivity contribution in [1.29, 1.82) is 0 Å². The molecule has 0 unspecified atom stereocenters. The highest BCUT2D eigenvalue weighted by molar-refractivity contribution is 6.04. The molecule has 1 amide bonds. The minimum Gasteiger partial charge on any atom is -0.497 e. The number of ether oxygens (including phenoxy) is 1. The van der Waals surface area contributed by atoms with Crippen LogP contribution in [0.5, 0.6) is 5.75 Å². The number of imidazole rings is 1. The van der Waals surface area contributed by atoms with Crippen LogP contribution in [-0.4, -0.2) is 22.4 Å². The summed E-state index contributed by atoms with van der Waals surface area (Å²) in [5.41, 5.74) is 2.23. The lowest BCUT2D eigenvalue weighted by Gasteiger charge is -2.07. The number of furan rings is 1. The lowest BCUT2D eigenvalue weighted by atomic mass is 10.1. The number of aromatic nitrogens is 2. The molecule has 25 heavy (non-hydrogen) atoms. The first-order valence-electron chi connectivity index (χ1n) is 7.72. The molecule has 4 aromatic rings. The number of carbonyl (C=O) groups excluding carboxylic acids is 1. The molecule has 3 aromatic heterocycles. The lowest BCUT2D eigenvalue weighted by Crippen LogP contribution is -2.13. The van der Waals surface area contributed by atoms with Crippen molar-refractivity contribution in [2.45, 2.75) is 0 Å². The fourth-order valence-corrected chi connectivity index (χ4v) is 2.66. The molecule has 1 N–H and O–H groups in total. The molecule has 0 aliphatic rings. The Morgan fingerprint density at radius 1 is 1.16 bits per heavy atom. The van der Waals surface area contributed by atoms with Crippen molar-refractivity contribution in [3.05, 3.63) is 72.8 Å². The first kappa shape index (κ1) is 15.0. The summed E-state index contributed by atoms with van der Waals surface area (Å²) in [5.74, 6) is 1.20. The predicted molar refractivity (Wildman–Crippen MR) is 93.8 cm³/mol. The van der Waals surface area contributed by atoms with Gasteiger partial charge in [0.1, 0.15) is 22.9 Å². The van der Waals surface area contributed by atoms with E-state index in [9.17, 15) is 4.79 Å². The van der Waals surface area contributed by atoms with Gasteiger partial charge in [0.15, 0.2) is 5.76 Å². The Labute approximate surface area is 143 Å². The van der Waals surface area contributed by atoms with E-state index in [2.05, 4.69) is 10.3 Å². The molecule has 124 valence electrons. The minimum atomic E-state index is -0.334. The van der Waals surface area contributed by atoms with E-state index in [1.54, 1.807) is 19.2 Å². The molecular formula is C19H15N3O3. The number of hydrogen-bond acceptors (Lipinski definition) is 4. The smallest absolute Gasteiger partial charge is 0.292 e. The number of hydrogen-bond donors (Lipinski definition) is 1. The summed E-state index contributed by atoms with van der Waals surface area (Å²) >= 11 is 0. The molecule has 0 fully saturated rings. The second kappa shape index (κ2) is 6.16. The number of nitrogens with zero attached hydrogens (tertiary/aromatic N) is 2. The van der Waals surface area contributed by atoms with Gasteiger partial charge in [0.2, 0.25) is 0 Å². The van der Waals surface area contributed by atoms with Gasteiger partial charge in [-0.3, -0.25) is 9.20 Å². The monoisotopic (exact) mass is 333 g/mol. The third-order valence-corrected chi connectivity index (χ3v) is 3.85. The van der Waals surface area contributed by atoms with Crippen LogP contribution in [0.25, 0.3) is 16.9 Å². The molecule has 0 atom stereocenters. The van der Waals surface area contributed by atoms with Gasteiger partial charge >= 0.3 is 0 Å². The van der Waals surface area contributed by atoms with E-state index in [1.165, 1.54) is 6.26 Å². The highest BCUT2D eigenvalue weighted by Crippen LogP contribution is 2.31. The van der Waals surface area contributed by atoms with E-state index in [-0.39, 0.29) is 11.7 Å². The second-order valence-corrected chi connectivity index (χ2v) is 5.40. The molecule has 6 heteroatoms. The molecule has 0 radical (unpaired) electrons. The molecule has 4 rings (SSSR count). The van der Waals surface area contributed by atoms with Crippen LogP contribution in [0.4, 0.5) is 5.82 Å². The summed E-state index contributed by atoms with van der Waals surface area (Å²) in [7, 11) is 1.61. The van der Waals surface area contributed by atoms with Crippen molar-refractivity contribution in [3.8, 4) is 17.0 Å². The average Bonchev–Trinajstić information content (AvgIpc) is 3.30. The summed E-state index contributed by atoms with van der Waals surface area (Å²) < 4.78 is 12.3. The standard InChI is InChI=1S/C19H15N3O3/c1-24-14-7-4-6-13(12-14)17-18(21-19(23)15-8-5-11-25-15)22-10-3-2-9-16(22)20-17/h2-12H,1H3,(H,21,23). The molecule has 1 aromatic carbocycles. The number of amides is 1. The third kappa shape index (κ3) is 2.74. The molecule has 0 saturated heterocycles. The minimum absolute atomic E-state index is 0.238. The fourth-order valence-electron chi connectivity index (χ4n) is 2.66. The van der Waals surface area contributed by atoms with E-state index in [4.69, 9.17) is 9.15 Å². The molecule has 0 spiro atoms. The van der Waals surface area contributed by atoms with Crippen LogP contribution in [0.15, 0.2) is 71.5 Å². The average molecular weight is 333 g/mol. The first-order chi connectivity index (χ1) is 12.3. The van der Waals surface area contributed by atoms with E-state index in [0.29, 0.717) is 11.5 Å². The van der Waals surface area contributed by atoms with E-state index >= 15 is 0 Å². The molecule has 6 nitrogen and oxygen atoms in total. The van der Waals surface area contributed by atoms with Crippen LogP contribution in [0.3, 0.4) is 0 Å². The van der Waals surface area contributed by atoms with Crippen molar-refractivity contribution >= 4 is 17.4 Å². The second-order valence-electron chi connectivity index (χ2n) is 5.40. The summed E-state index contributed by atoms with van der Waals surface area (Å²) in [6.07, 6.45) is 3.32. The first-order valence-corrected chi connectivity index (χ1v) is 7.72. The van der Waals surface area contributed by atoms with Crippen molar-refractivity contribution in [2.24, 2.45) is 0 Å². The SMILES string of the molecule is COc1cccc(-c2nc3ccccn3c2NC(=O)c2ccco2)c1. The number of carbonyl (C=O) groups is 1. The van der Waals surface area contributed by atoms with Gasteiger partial charge in [0, 0.05) is 11.8 Å². The van der Waals surface area contributed by atoms with Crippen LogP contribution >= 0.6 is 0 Å². The van der Waals surface area contributed by atoms with Crippen molar-refractivity contribution in [2.75, 3.05) is 12.4 Å². The van der Waals surface area contributed by atoms with Gasteiger partial charge in [0.05, 0.1) is 13.4 Å². The Bertz CT molecular complexity index is 1040. The van der Waals surface area contributed by atoms with E-state index < -0.39 is 0 Å². The molecular weight excluding hydrogens is 318 g/mol. The topological polar surface area (TPSA) is 68.8 Å². The summed E-state index contributed by atoms with van der Waals surface area (Å²) in [6, 6.07) is 16.5. The highest BCUT2D eigenvalue weighted by Gasteiger charge is 2.18. The van der Waals surface area contributed by atoms with Crippen molar-refractivity contribution in [3.63, 3.8) is 0 Å². The van der Waals surface area contributed by atoms with Crippen LogP contribution in [0.1, 0.15) is 10.6 Å². The van der Waals surface area contributed by atoms with Gasteiger partial charge in [-0.05, 0) is 36.4 Å². The maximum absolute atomic E-state index is 12.5. The van der Waals surface area contributed by atoms with Gasteiger partial charge in [0.25, 0.3) is 5.91 Å². The van der Waals surface area contributed by atoms with E-state index in [1.807, 2.05) is 53.1 Å². The van der Waals surface area contributed by atoms with Crippen molar-refractivity contribution < 1.29 is 13.9 Å². The predicted octanol–water partition coefficient (Wildman–Crippen LogP) is 3.86. The number of pyridine rings is 1. The zero-order valence-corrected chi connectivity index (χ0v) is 13.5. The van der Waals surface area contributed by atoms with Gasteiger partial charge in [-0.1, -0.05) is 18.2 Å². The largest absolute Gasteiger partial charge is 0.497 e. The molecule has 0 aliphatic carbocycles. The Balaban J connectivity index is 1.84. The van der Waals surface area contributed by atoms with Gasteiger partial charge in [-0.2, -0.15) is 0 Å². The van der Waals surface area contributed by atoms with Gasteiger partial charge < -0.3 is 14.5 Å². The summed E-state index contributed by atoms with van der Waals surface area (Å²) in [6.45, 7) is 0. The van der Waals surface area contributed by atoms with Crippen LogP contribution in [0.2, 0.25) is 0 Å². The Hall–Kier alpha value is -3.54. The molecule has 3 heterocycles. The van der Waals surface area contributed by atoms with E-state index in [0.717, 1.165) is 17.0 Å². The fraction of sp³-hybridized carbons (Fsp3) is 0.0526. The normalized spacial score (nSPS) is 10.8. The van der Waals surface area contributed by atoms with Crippen LogP contribution in [0, 0.1) is 0 Å². The third-order valence-electron chi connectivity index (χ3n) is 3.85. The molecule has 0 saturated carbocycles. The number of methoxy groups -OCH3 is 1. The maximum Gasteiger partial charge on any atom is 0.292 e. The van der Waals surface area contributed by atoms with Crippen LogP contribution in [-0.2, 0) is 0 Å². The molecule has 0 bridgehead atoms. The number of fused-ring (bicyclic) bond motifs is 1. The highest BCUT2D eigenvalue weighted by atomic mass is 16.5.